The van der Waals surface area contributed by atoms with Crippen LogP contribution in [0, 0.1) is 12.8 Å². The maximum atomic E-state index is 12.6. The second-order valence-corrected chi connectivity index (χ2v) is 12.2. The third-order valence-electron chi connectivity index (χ3n) is 7.33. The van der Waals surface area contributed by atoms with Crippen LogP contribution in [0.2, 0.25) is 0 Å². The van der Waals surface area contributed by atoms with Crippen molar-refractivity contribution < 1.29 is 23.8 Å². The number of amides is 1. The molecule has 0 bridgehead atoms. The lowest BCUT2D eigenvalue weighted by Gasteiger charge is -2.32. The van der Waals surface area contributed by atoms with Crippen molar-refractivity contribution in [2.45, 2.75) is 66.0 Å². The van der Waals surface area contributed by atoms with Gasteiger partial charge in [0.15, 0.2) is 0 Å². The number of pyridine rings is 1. The Morgan fingerprint density at radius 1 is 1.21 bits per heavy atom. The normalized spacial score (nSPS) is 13.7. The summed E-state index contributed by atoms with van der Waals surface area (Å²) >= 11 is 0. The third-order valence-corrected chi connectivity index (χ3v) is 7.33. The number of nitrogens with two attached hydrogens (primary N) is 1. The van der Waals surface area contributed by atoms with Gasteiger partial charge in [0.2, 0.25) is 5.88 Å². The molecule has 1 aromatic carbocycles. The molecule has 0 saturated carbocycles. The van der Waals surface area contributed by atoms with Crippen LogP contribution in [0.25, 0.3) is 11.3 Å². The summed E-state index contributed by atoms with van der Waals surface area (Å²) in [6, 6.07) is 7.29. The molecular weight excluding hydrogens is 548 g/mol. The summed E-state index contributed by atoms with van der Waals surface area (Å²) in [6.45, 7) is 12.0. The van der Waals surface area contributed by atoms with E-state index in [2.05, 4.69) is 22.3 Å². The summed E-state index contributed by atoms with van der Waals surface area (Å²) in [5.41, 5.74) is 12.2. The number of carbonyl (C=O) groups is 2. The lowest BCUT2D eigenvalue weighted by Crippen LogP contribution is -2.40. The number of methoxy groups -OCH3 is 1. The summed E-state index contributed by atoms with van der Waals surface area (Å²) in [4.78, 5) is 31.0. The van der Waals surface area contributed by atoms with E-state index in [1.807, 2.05) is 46.9 Å². The van der Waals surface area contributed by atoms with Crippen molar-refractivity contribution in [2.24, 2.45) is 13.0 Å². The molecule has 1 amide bonds. The lowest BCUT2D eigenvalue weighted by atomic mass is 9.96. The van der Waals surface area contributed by atoms with Gasteiger partial charge >= 0.3 is 12.1 Å². The van der Waals surface area contributed by atoms with Gasteiger partial charge in [-0.15, -0.1) is 0 Å². The smallest absolute Gasteiger partial charge is 0.410 e. The van der Waals surface area contributed by atoms with E-state index >= 15 is 0 Å². The van der Waals surface area contributed by atoms with Gasteiger partial charge in [-0.3, -0.25) is 4.98 Å². The van der Waals surface area contributed by atoms with Crippen molar-refractivity contribution >= 4 is 23.4 Å². The van der Waals surface area contributed by atoms with E-state index in [4.69, 9.17) is 19.9 Å². The van der Waals surface area contributed by atoms with E-state index in [9.17, 15) is 9.59 Å². The Hall–Kier alpha value is -4.28. The number of aryl methyl sites for hydroxylation is 2. The molecule has 0 spiro atoms. The molecule has 1 aliphatic heterocycles. The Kier molecular flexibility index (Phi) is 9.83. The van der Waals surface area contributed by atoms with Crippen LogP contribution in [-0.4, -0.2) is 64.1 Å². The number of fused-ring (bicyclic) bond motifs is 1. The number of hydrogen-bond donors (Lipinski definition) is 2. The third kappa shape index (κ3) is 7.97. The molecule has 2 aromatic heterocycles. The van der Waals surface area contributed by atoms with Crippen LogP contribution in [0.15, 0.2) is 30.5 Å². The maximum absolute atomic E-state index is 12.6. The zero-order chi connectivity index (χ0) is 31.3. The molecule has 0 radical (unpaired) electrons. The first kappa shape index (κ1) is 31.7. The topological polar surface area (TPSA) is 134 Å². The van der Waals surface area contributed by atoms with Crippen molar-refractivity contribution in [2.75, 3.05) is 37.9 Å². The van der Waals surface area contributed by atoms with E-state index in [1.54, 1.807) is 27.9 Å². The van der Waals surface area contributed by atoms with Crippen LogP contribution in [0.3, 0.4) is 0 Å². The van der Waals surface area contributed by atoms with Crippen molar-refractivity contribution in [1.82, 2.24) is 19.7 Å². The lowest BCUT2D eigenvalue weighted by molar-refractivity contribution is 0.0224. The monoisotopic (exact) mass is 592 g/mol. The van der Waals surface area contributed by atoms with Gasteiger partial charge in [0.1, 0.15) is 5.60 Å². The van der Waals surface area contributed by atoms with Crippen molar-refractivity contribution in [3.8, 4) is 17.1 Å². The molecule has 11 nitrogen and oxygen atoms in total. The van der Waals surface area contributed by atoms with E-state index in [-0.39, 0.29) is 6.09 Å². The Balaban J connectivity index is 1.31. The Morgan fingerprint density at radius 2 is 1.98 bits per heavy atom. The molecule has 3 N–H and O–H groups in total. The fourth-order valence-electron chi connectivity index (χ4n) is 5.16. The van der Waals surface area contributed by atoms with Gasteiger partial charge in [-0.1, -0.05) is 13.0 Å². The molecular formula is C32H44N6O5. The highest BCUT2D eigenvalue weighted by Gasteiger charge is 2.27. The van der Waals surface area contributed by atoms with Gasteiger partial charge < -0.3 is 30.2 Å². The average Bonchev–Trinajstić information content (AvgIpc) is 3.32. The fraction of sp³-hybridized carbons (Fsp3) is 0.500. The predicted molar refractivity (Wildman–Crippen MR) is 166 cm³/mol. The Labute approximate surface area is 253 Å². The minimum atomic E-state index is -0.527. The zero-order valence-electron chi connectivity index (χ0n) is 26.3. The van der Waals surface area contributed by atoms with Crippen molar-refractivity contribution in [3.63, 3.8) is 0 Å². The number of nitrogens with one attached hydrogen (secondary N) is 1. The standard InChI is InChI=1S/C32H44N6O5/c1-20(17-34-28-24-12-13-38(31(40)43-32(3,4)5)19-22(24)10-11-26(28)33)9-8-14-42-29-25(18-35-37(29)6)27-16-23(30(39)41-7)15-21(2)36-27/h10-11,15-16,18,20,34H,8-9,12-14,17,19,33H2,1-7H3/t20-/m1/s1. The quantitative estimate of drug-likeness (QED) is 0.181. The Morgan fingerprint density at radius 3 is 2.70 bits per heavy atom. The fourth-order valence-corrected chi connectivity index (χ4v) is 5.16. The van der Waals surface area contributed by atoms with Crippen LogP contribution in [-0.2, 0) is 29.5 Å². The number of esters is 1. The first-order valence-corrected chi connectivity index (χ1v) is 14.7. The number of aromatic nitrogens is 3. The van der Waals surface area contributed by atoms with Gasteiger partial charge in [0, 0.05) is 32.4 Å². The van der Waals surface area contributed by atoms with Crippen LogP contribution < -0.4 is 15.8 Å². The molecule has 4 rings (SSSR count). The Bertz CT molecular complexity index is 1460. The molecule has 0 unspecified atom stereocenters. The molecule has 43 heavy (non-hydrogen) atoms. The predicted octanol–water partition coefficient (Wildman–Crippen LogP) is 5.36. The van der Waals surface area contributed by atoms with E-state index < -0.39 is 11.6 Å². The first-order valence-electron chi connectivity index (χ1n) is 14.7. The first-order chi connectivity index (χ1) is 20.4. The number of nitrogens with zero attached hydrogens (tertiary/aromatic N) is 4. The highest BCUT2D eigenvalue weighted by molar-refractivity contribution is 5.90. The second-order valence-electron chi connectivity index (χ2n) is 12.2. The van der Waals surface area contributed by atoms with Gasteiger partial charge in [0.05, 0.1) is 48.1 Å². The van der Waals surface area contributed by atoms with E-state index in [1.165, 1.54) is 12.7 Å². The number of anilines is 2. The summed E-state index contributed by atoms with van der Waals surface area (Å²) in [5.74, 6) is 0.554. The van der Waals surface area contributed by atoms with Crippen LogP contribution in [0.1, 0.15) is 67.7 Å². The van der Waals surface area contributed by atoms with Gasteiger partial charge in [-0.25, -0.2) is 14.3 Å². The molecule has 3 heterocycles. The van der Waals surface area contributed by atoms with Gasteiger partial charge in [0.25, 0.3) is 0 Å². The highest BCUT2D eigenvalue weighted by atomic mass is 16.6. The summed E-state index contributed by atoms with van der Waals surface area (Å²) in [7, 11) is 3.18. The molecule has 0 fully saturated rings. The van der Waals surface area contributed by atoms with Crippen molar-refractivity contribution in [1.29, 1.82) is 0 Å². The molecule has 11 heteroatoms. The summed E-state index contributed by atoms with van der Waals surface area (Å²) < 4.78 is 18.3. The average molecular weight is 593 g/mol. The van der Waals surface area contributed by atoms with Crippen molar-refractivity contribution in [3.05, 3.63) is 52.8 Å². The number of benzene rings is 1. The van der Waals surface area contributed by atoms with Crippen LogP contribution in [0.4, 0.5) is 16.2 Å². The molecule has 0 saturated heterocycles. The number of hydrogen-bond acceptors (Lipinski definition) is 9. The largest absolute Gasteiger partial charge is 0.477 e. The zero-order valence-corrected chi connectivity index (χ0v) is 26.3. The van der Waals surface area contributed by atoms with Gasteiger partial charge in [-0.05, 0) is 82.2 Å². The van der Waals surface area contributed by atoms with E-state index in [0.717, 1.165) is 36.2 Å². The number of nitrogen functional groups attached to an aromatic ring is 1. The molecule has 1 aliphatic rings. The maximum Gasteiger partial charge on any atom is 0.410 e. The van der Waals surface area contributed by atoms with Crippen LogP contribution >= 0.6 is 0 Å². The SMILES string of the molecule is COC(=O)c1cc(C)nc(-c2cnn(C)c2OCCC[C@@H](C)CNc2c(N)ccc3c2CCN(C(=O)OC(C)(C)C)C3)c1. The van der Waals surface area contributed by atoms with Gasteiger partial charge in [-0.2, -0.15) is 5.10 Å². The number of ether oxygens (including phenoxy) is 3. The summed E-state index contributed by atoms with van der Waals surface area (Å²) in [6.07, 6.45) is 3.91. The number of carbonyl (C=O) groups excluding carboxylic acids is 2. The number of rotatable bonds is 10. The molecule has 1 atom stereocenters. The van der Waals surface area contributed by atoms with Crippen LogP contribution in [0.5, 0.6) is 5.88 Å². The summed E-state index contributed by atoms with van der Waals surface area (Å²) in [5, 5.41) is 7.93. The molecule has 232 valence electrons. The highest BCUT2D eigenvalue weighted by Crippen LogP contribution is 2.33. The minimum absolute atomic E-state index is 0.292. The molecule has 3 aromatic rings. The minimum Gasteiger partial charge on any atom is -0.477 e. The van der Waals surface area contributed by atoms with E-state index in [0.29, 0.717) is 60.6 Å². The molecule has 0 aliphatic carbocycles. The second kappa shape index (κ2) is 13.4.